The molecular weight excluding hydrogens is 370 g/mol. The number of fused-ring (bicyclic) bond motifs is 1. The molecule has 0 aliphatic rings. The third-order valence-corrected chi connectivity index (χ3v) is 5.06. The highest BCUT2D eigenvalue weighted by atomic mass is 79.9. The zero-order valence-corrected chi connectivity index (χ0v) is 12.8. The molecule has 0 unspecified atom stereocenters. The summed E-state index contributed by atoms with van der Waals surface area (Å²) in [6, 6.07) is 6.77. The van der Waals surface area contributed by atoms with Crippen molar-refractivity contribution in [1.82, 2.24) is 4.57 Å². The molecule has 0 atom stereocenters. The van der Waals surface area contributed by atoms with Gasteiger partial charge in [-0.3, -0.25) is 0 Å². The summed E-state index contributed by atoms with van der Waals surface area (Å²) in [5, 5.41) is -0.304. The topological polar surface area (TPSA) is 4.93 Å². The summed E-state index contributed by atoms with van der Waals surface area (Å²) in [6.07, 6.45) is -2.54. The molecule has 0 N–H and O–H groups in total. The van der Waals surface area contributed by atoms with Crippen LogP contribution in [0.15, 0.2) is 41.0 Å². The van der Waals surface area contributed by atoms with E-state index in [0.29, 0.717) is 11.0 Å². The molecule has 0 bridgehead atoms. The van der Waals surface area contributed by atoms with E-state index in [0.717, 1.165) is 39.2 Å². The first-order chi connectivity index (χ1) is 9.86. The standard InChI is InChI=1S/C14H8BrF4NS/c15-11-12-10(21-13(11)16)5-6-20(12)7-8-1-3-9(4-2-8)14(17,18)19/h1-6H,7H2. The lowest BCUT2D eigenvalue weighted by atomic mass is 10.1. The zero-order valence-electron chi connectivity index (χ0n) is 10.4. The molecule has 0 saturated carbocycles. The van der Waals surface area contributed by atoms with Crippen LogP contribution in [0.25, 0.3) is 10.2 Å². The van der Waals surface area contributed by atoms with Crippen molar-refractivity contribution in [2.45, 2.75) is 12.7 Å². The van der Waals surface area contributed by atoms with Crippen molar-refractivity contribution in [1.29, 1.82) is 0 Å². The van der Waals surface area contributed by atoms with Crippen LogP contribution < -0.4 is 0 Å². The number of hydrogen-bond donors (Lipinski definition) is 0. The maximum absolute atomic E-state index is 13.5. The molecule has 0 spiro atoms. The van der Waals surface area contributed by atoms with Crippen LogP contribution in [0, 0.1) is 5.13 Å². The predicted octanol–water partition coefficient (Wildman–Crippen LogP) is 5.67. The van der Waals surface area contributed by atoms with E-state index in [2.05, 4.69) is 15.9 Å². The van der Waals surface area contributed by atoms with Gasteiger partial charge >= 0.3 is 6.18 Å². The average molecular weight is 378 g/mol. The molecule has 1 aromatic carbocycles. The minimum Gasteiger partial charge on any atom is -0.341 e. The van der Waals surface area contributed by atoms with E-state index >= 15 is 0 Å². The Morgan fingerprint density at radius 1 is 1.10 bits per heavy atom. The van der Waals surface area contributed by atoms with Crippen molar-refractivity contribution < 1.29 is 17.6 Å². The fourth-order valence-corrected chi connectivity index (χ4v) is 3.77. The van der Waals surface area contributed by atoms with Gasteiger partial charge in [-0.05, 0) is 39.7 Å². The smallest absolute Gasteiger partial charge is 0.341 e. The maximum Gasteiger partial charge on any atom is 0.416 e. The molecule has 1 nitrogen and oxygen atoms in total. The Labute approximate surface area is 129 Å². The maximum atomic E-state index is 13.5. The fraction of sp³-hybridized carbons (Fsp3) is 0.143. The normalized spacial score (nSPS) is 12.2. The number of nitrogens with zero attached hydrogens (tertiary/aromatic N) is 1. The Morgan fingerprint density at radius 2 is 1.76 bits per heavy atom. The Bertz CT molecular complexity index is 786. The molecule has 3 rings (SSSR count). The van der Waals surface area contributed by atoms with Crippen LogP contribution >= 0.6 is 27.3 Å². The summed E-state index contributed by atoms with van der Waals surface area (Å²) in [5.41, 5.74) is 0.767. The van der Waals surface area contributed by atoms with Crippen LogP contribution in [0.4, 0.5) is 17.6 Å². The number of aromatic nitrogens is 1. The largest absolute Gasteiger partial charge is 0.416 e. The second-order valence-corrected chi connectivity index (χ2v) is 6.34. The number of halogens is 5. The van der Waals surface area contributed by atoms with Gasteiger partial charge in [-0.25, -0.2) is 0 Å². The fourth-order valence-electron chi connectivity index (χ4n) is 2.13. The van der Waals surface area contributed by atoms with E-state index in [-0.39, 0.29) is 5.13 Å². The Balaban J connectivity index is 1.92. The number of thiophene rings is 1. The van der Waals surface area contributed by atoms with Gasteiger partial charge in [0.25, 0.3) is 0 Å². The van der Waals surface area contributed by atoms with E-state index in [1.165, 1.54) is 12.1 Å². The van der Waals surface area contributed by atoms with E-state index in [1.54, 1.807) is 12.3 Å². The van der Waals surface area contributed by atoms with Gasteiger partial charge in [-0.1, -0.05) is 12.1 Å². The lowest BCUT2D eigenvalue weighted by molar-refractivity contribution is -0.137. The molecule has 0 radical (unpaired) electrons. The summed E-state index contributed by atoms with van der Waals surface area (Å²) in [4.78, 5) is 0. The van der Waals surface area contributed by atoms with Crippen LogP contribution in [-0.2, 0) is 12.7 Å². The van der Waals surface area contributed by atoms with Crippen LogP contribution in [0.1, 0.15) is 11.1 Å². The van der Waals surface area contributed by atoms with E-state index in [4.69, 9.17) is 0 Å². The molecule has 7 heteroatoms. The molecule has 0 saturated heterocycles. The first-order valence-corrected chi connectivity index (χ1v) is 7.56. The molecule has 21 heavy (non-hydrogen) atoms. The second kappa shape index (κ2) is 5.14. The first-order valence-electron chi connectivity index (χ1n) is 5.95. The zero-order chi connectivity index (χ0) is 15.2. The van der Waals surface area contributed by atoms with Crippen LogP contribution in [-0.4, -0.2) is 4.57 Å². The van der Waals surface area contributed by atoms with E-state index < -0.39 is 11.7 Å². The van der Waals surface area contributed by atoms with Crippen molar-refractivity contribution in [3.63, 3.8) is 0 Å². The van der Waals surface area contributed by atoms with Gasteiger partial charge in [-0.2, -0.15) is 17.6 Å². The number of hydrogen-bond acceptors (Lipinski definition) is 1. The summed E-state index contributed by atoms with van der Waals surface area (Å²) >= 11 is 4.23. The molecule has 0 fully saturated rings. The summed E-state index contributed by atoms with van der Waals surface area (Å²) in [5.74, 6) is 0. The molecule has 2 aromatic heterocycles. The predicted molar refractivity (Wildman–Crippen MR) is 78.0 cm³/mol. The number of benzene rings is 1. The summed E-state index contributed by atoms with van der Waals surface area (Å²) in [6.45, 7) is 0.385. The van der Waals surface area contributed by atoms with Crippen molar-refractivity contribution >= 4 is 37.5 Å². The number of alkyl halides is 3. The third-order valence-electron chi connectivity index (χ3n) is 3.14. The van der Waals surface area contributed by atoms with Crippen molar-refractivity contribution in [2.24, 2.45) is 0 Å². The average Bonchev–Trinajstić information content (AvgIpc) is 2.92. The lowest BCUT2D eigenvalue weighted by Gasteiger charge is -2.09. The Morgan fingerprint density at radius 3 is 2.38 bits per heavy atom. The minimum absolute atomic E-state index is 0.304. The highest BCUT2D eigenvalue weighted by molar-refractivity contribution is 9.10. The van der Waals surface area contributed by atoms with Gasteiger partial charge < -0.3 is 4.57 Å². The highest BCUT2D eigenvalue weighted by Crippen LogP contribution is 2.35. The summed E-state index contributed by atoms with van der Waals surface area (Å²) in [7, 11) is 0. The highest BCUT2D eigenvalue weighted by Gasteiger charge is 2.29. The molecule has 110 valence electrons. The molecule has 0 aliphatic carbocycles. The monoisotopic (exact) mass is 377 g/mol. The van der Waals surface area contributed by atoms with Gasteiger partial charge in [0, 0.05) is 12.7 Å². The van der Waals surface area contributed by atoms with Crippen LogP contribution in [0.3, 0.4) is 0 Å². The lowest BCUT2D eigenvalue weighted by Crippen LogP contribution is -2.05. The first kappa shape index (κ1) is 14.6. The third kappa shape index (κ3) is 2.72. The van der Waals surface area contributed by atoms with Gasteiger partial charge in [0.05, 0.1) is 20.3 Å². The molecule has 2 heterocycles. The van der Waals surface area contributed by atoms with E-state index in [9.17, 15) is 17.6 Å². The second-order valence-electron chi connectivity index (χ2n) is 4.54. The van der Waals surface area contributed by atoms with Crippen molar-refractivity contribution in [3.05, 3.63) is 57.3 Å². The van der Waals surface area contributed by atoms with Gasteiger partial charge in [-0.15, -0.1) is 11.3 Å². The Kier molecular flexibility index (Phi) is 3.57. The van der Waals surface area contributed by atoms with Crippen LogP contribution in [0.5, 0.6) is 0 Å². The quantitative estimate of drug-likeness (QED) is 0.507. The molecule has 0 amide bonds. The molecular formula is C14H8BrF4NS. The van der Waals surface area contributed by atoms with Gasteiger partial charge in [0.15, 0.2) is 5.13 Å². The van der Waals surface area contributed by atoms with Gasteiger partial charge in [0.2, 0.25) is 0 Å². The van der Waals surface area contributed by atoms with E-state index in [1.807, 2.05) is 4.57 Å². The number of rotatable bonds is 2. The van der Waals surface area contributed by atoms with Crippen molar-refractivity contribution in [2.75, 3.05) is 0 Å². The van der Waals surface area contributed by atoms with Crippen LogP contribution in [0.2, 0.25) is 0 Å². The van der Waals surface area contributed by atoms with Crippen molar-refractivity contribution in [3.8, 4) is 0 Å². The minimum atomic E-state index is -4.33. The van der Waals surface area contributed by atoms with Gasteiger partial charge in [0.1, 0.15) is 0 Å². The SMILES string of the molecule is Fc1sc2ccn(Cc3ccc(C(F)(F)F)cc3)c2c1Br. The summed E-state index contributed by atoms with van der Waals surface area (Å²) < 4.78 is 54.0. The molecule has 3 aromatic rings. The molecule has 0 aliphatic heterocycles. The Hall–Kier alpha value is -1.34.